The zero-order valence-electron chi connectivity index (χ0n) is 9.77. The molecule has 0 saturated carbocycles. The van der Waals surface area contributed by atoms with E-state index in [0.717, 1.165) is 0 Å². The van der Waals surface area contributed by atoms with E-state index in [2.05, 4.69) is 17.4 Å². The van der Waals surface area contributed by atoms with Gasteiger partial charge in [0.1, 0.15) is 5.78 Å². The van der Waals surface area contributed by atoms with E-state index < -0.39 is 6.04 Å². The van der Waals surface area contributed by atoms with Gasteiger partial charge in [-0.3, -0.25) is 15.0 Å². The van der Waals surface area contributed by atoms with Crippen molar-refractivity contribution in [2.24, 2.45) is 0 Å². The quantitative estimate of drug-likeness (QED) is 0.576. The summed E-state index contributed by atoms with van der Waals surface area (Å²) in [5.74, 6) is -0.306. The van der Waals surface area contributed by atoms with Crippen LogP contribution >= 0.6 is 0 Å². The normalized spacial score (nSPS) is 11.6. The van der Waals surface area contributed by atoms with Crippen molar-refractivity contribution in [3.8, 4) is 0 Å². The van der Waals surface area contributed by atoms with Gasteiger partial charge in [0.25, 0.3) is 5.91 Å². The maximum absolute atomic E-state index is 11.7. The van der Waals surface area contributed by atoms with E-state index in [1.54, 1.807) is 30.3 Å². The lowest BCUT2D eigenvalue weighted by atomic mass is 10.1. The van der Waals surface area contributed by atoms with Gasteiger partial charge in [-0.15, -0.1) is 6.58 Å². The molecule has 0 unspecified atom stereocenters. The lowest BCUT2D eigenvalue weighted by Gasteiger charge is -2.14. The highest BCUT2D eigenvalue weighted by atomic mass is 16.2. The Balaban J connectivity index is 2.52. The van der Waals surface area contributed by atoms with E-state index in [1.165, 1.54) is 6.92 Å². The third kappa shape index (κ3) is 4.20. The van der Waals surface area contributed by atoms with Gasteiger partial charge in [0.2, 0.25) is 0 Å². The van der Waals surface area contributed by atoms with Crippen LogP contribution in [0.5, 0.6) is 0 Å². The second-order valence-corrected chi connectivity index (χ2v) is 3.65. The zero-order chi connectivity index (χ0) is 12.7. The fourth-order valence-electron chi connectivity index (χ4n) is 1.31. The minimum absolute atomic E-state index is 0.0433. The van der Waals surface area contributed by atoms with E-state index in [9.17, 15) is 9.59 Å². The number of hydrogen-bond acceptors (Lipinski definition) is 3. The minimum Gasteiger partial charge on any atom is -0.298 e. The van der Waals surface area contributed by atoms with Crippen LogP contribution in [-0.2, 0) is 4.79 Å². The van der Waals surface area contributed by atoms with Crippen LogP contribution in [-0.4, -0.2) is 17.7 Å². The van der Waals surface area contributed by atoms with Crippen LogP contribution < -0.4 is 10.9 Å². The van der Waals surface area contributed by atoms with Crippen molar-refractivity contribution in [1.82, 2.24) is 10.9 Å². The Morgan fingerprint density at radius 2 is 2.00 bits per heavy atom. The standard InChI is InChI=1S/C13H16N2O2/c1-3-7-12(10(2)16)14-15-13(17)11-8-5-4-6-9-11/h3-6,8-9,12,14H,1,7H2,2H3,(H,15,17)/t12-/m1/s1. The molecule has 4 heteroatoms. The van der Waals surface area contributed by atoms with Gasteiger partial charge in [-0.2, -0.15) is 0 Å². The topological polar surface area (TPSA) is 58.2 Å². The van der Waals surface area contributed by atoms with E-state index in [0.29, 0.717) is 12.0 Å². The van der Waals surface area contributed by atoms with E-state index in [-0.39, 0.29) is 11.7 Å². The van der Waals surface area contributed by atoms with Crippen LogP contribution in [0, 0.1) is 0 Å². The SMILES string of the molecule is C=CC[C@@H](NNC(=O)c1ccccc1)C(C)=O. The lowest BCUT2D eigenvalue weighted by molar-refractivity contribution is -0.119. The molecule has 1 aromatic rings. The molecule has 1 aromatic carbocycles. The Labute approximate surface area is 101 Å². The average Bonchev–Trinajstić information content (AvgIpc) is 2.34. The molecule has 1 atom stereocenters. The molecule has 0 bridgehead atoms. The fourth-order valence-corrected chi connectivity index (χ4v) is 1.31. The number of amides is 1. The molecule has 0 fully saturated rings. The molecule has 4 nitrogen and oxygen atoms in total. The summed E-state index contributed by atoms with van der Waals surface area (Å²) in [5, 5.41) is 0. The number of hydrogen-bond donors (Lipinski definition) is 2. The number of carbonyl (C=O) groups excluding carboxylic acids is 2. The average molecular weight is 232 g/mol. The largest absolute Gasteiger partial charge is 0.298 e. The summed E-state index contributed by atoms with van der Waals surface area (Å²) in [6.45, 7) is 5.03. The smallest absolute Gasteiger partial charge is 0.265 e. The molecule has 0 aliphatic carbocycles. The lowest BCUT2D eigenvalue weighted by Crippen LogP contribution is -2.47. The van der Waals surface area contributed by atoms with Crippen molar-refractivity contribution in [1.29, 1.82) is 0 Å². The van der Waals surface area contributed by atoms with Crippen molar-refractivity contribution in [3.63, 3.8) is 0 Å². The maximum atomic E-state index is 11.7. The van der Waals surface area contributed by atoms with Gasteiger partial charge in [0, 0.05) is 5.56 Å². The molecule has 1 rings (SSSR count). The van der Waals surface area contributed by atoms with Crippen molar-refractivity contribution >= 4 is 11.7 Å². The summed E-state index contributed by atoms with van der Waals surface area (Å²) in [5.41, 5.74) is 5.75. The highest BCUT2D eigenvalue weighted by Gasteiger charge is 2.13. The maximum Gasteiger partial charge on any atom is 0.265 e. The zero-order valence-corrected chi connectivity index (χ0v) is 9.77. The minimum atomic E-state index is -0.430. The number of carbonyl (C=O) groups is 2. The van der Waals surface area contributed by atoms with Gasteiger partial charge >= 0.3 is 0 Å². The summed E-state index contributed by atoms with van der Waals surface area (Å²) in [7, 11) is 0. The molecule has 0 aliphatic heterocycles. The summed E-state index contributed by atoms with van der Waals surface area (Å²) >= 11 is 0. The molecule has 0 heterocycles. The van der Waals surface area contributed by atoms with Gasteiger partial charge in [-0.25, -0.2) is 5.43 Å². The van der Waals surface area contributed by atoms with Crippen LogP contribution in [0.1, 0.15) is 23.7 Å². The van der Waals surface area contributed by atoms with Gasteiger partial charge in [0.05, 0.1) is 6.04 Å². The predicted octanol–water partition coefficient (Wildman–Crippen LogP) is 1.45. The molecule has 0 aromatic heterocycles. The van der Waals surface area contributed by atoms with Crippen LogP contribution in [0.4, 0.5) is 0 Å². The molecule has 2 N–H and O–H groups in total. The molecule has 1 amide bonds. The second kappa shape index (κ2) is 6.60. The highest BCUT2D eigenvalue weighted by Crippen LogP contribution is 1.98. The first-order chi connectivity index (χ1) is 8.15. The monoisotopic (exact) mass is 232 g/mol. The Morgan fingerprint density at radius 3 is 2.53 bits per heavy atom. The molecule has 90 valence electrons. The predicted molar refractivity (Wildman–Crippen MR) is 66.3 cm³/mol. The summed E-state index contributed by atoms with van der Waals surface area (Å²) in [4.78, 5) is 22.9. The summed E-state index contributed by atoms with van der Waals surface area (Å²) in [6, 6.07) is 8.36. The summed E-state index contributed by atoms with van der Waals surface area (Å²) in [6.07, 6.45) is 2.11. The highest BCUT2D eigenvalue weighted by molar-refractivity contribution is 5.94. The molecule has 0 aliphatic rings. The number of Topliss-reactive ketones (excluding diaryl/α,β-unsaturated/α-hetero) is 1. The molecule has 0 saturated heterocycles. The summed E-state index contributed by atoms with van der Waals surface area (Å²) < 4.78 is 0. The van der Waals surface area contributed by atoms with Crippen molar-refractivity contribution < 1.29 is 9.59 Å². The van der Waals surface area contributed by atoms with E-state index >= 15 is 0 Å². The number of rotatable bonds is 6. The van der Waals surface area contributed by atoms with Crippen LogP contribution in [0.25, 0.3) is 0 Å². The Hall–Kier alpha value is -1.94. The molecule has 0 radical (unpaired) electrons. The third-order valence-electron chi connectivity index (χ3n) is 2.29. The van der Waals surface area contributed by atoms with Crippen molar-refractivity contribution in [2.75, 3.05) is 0 Å². The van der Waals surface area contributed by atoms with Crippen LogP contribution in [0.3, 0.4) is 0 Å². The first kappa shape index (κ1) is 13.1. The first-order valence-corrected chi connectivity index (χ1v) is 5.37. The van der Waals surface area contributed by atoms with Gasteiger partial charge < -0.3 is 0 Å². The molecule has 0 spiro atoms. The van der Waals surface area contributed by atoms with Crippen LogP contribution in [0.15, 0.2) is 43.0 Å². The molecule has 17 heavy (non-hydrogen) atoms. The second-order valence-electron chi connectivity index (χ2n) is 3.65. The van der Waals surface area contributed by atoms with Crippen molar-refractivity contribution in [3.05, 3.63) is 48.6 Å². The number of nitrogens with one attached hydrogen (secondary N) is 2. The van der Waals surface area contributed by atoms with E-state index in [1.807, 2.05) is 6.07 Å². The van der Waals surface area contributed by atoms with Crippen molar-refractivity contribution in [2.45, 2.75) is 19.4 Å². The first-order valence-electron chi connectivity index (χ1n) is 5.37. The van der Waals surface area contributed by atoms with Gasteiger partial charge in [0.15, 0.2) is 0 Å². The third-order valence-corrected chi connectivity index (χ3v) is 2.29. The van der Waals surface area contributed by atoms with Crippen LogP contribution in [0.2, 0.25) is 0 Å². The number of ketones is 1. The van der Waals surface area contributed by atoms with Gasteiger partial charge in [-0.1, -0.05) is 24.3 Å². The Morgan fingerprint density at radius 1 is 1.35 bits per heavy atom. The molecular formula is C13H16N2O2. The number of benzene rings is 1. The Bertz CT molecular complexity index is 401. The van der Waals surface area contributed by atoms with Gasteiger partial charge in [-0.05, 0) is 25.5 Å². The Kier molecular flexibility index (Phi) is 5.10. The number of hydrazine groups is 1. The fraction of sp³-hybridized carbons (Fsp3) is 0.231. The van der Waals surface area contributed by atoms with E-state index in [4.69, 9.17) is 0 Å². The molecular weight excluding hydrogens is 216 g/mol.